The fraction of sp³-hybridized carbons (Fsp3) is 0.545. The van der Waals surface area contributed by atoms with Gasteiger partial charge in [0.25, 0.3) is 0 Å². The second-order valence-electron chi connectivity index (χ2n) is 9.30. The van der Waals surface area contributed by atoms with Gasteiger partial charge in [0, 0.05) is 19.1 Å². The highest BCUT2D eigenvalue weighted by Crippen LogP contribution is 2.40. The molecule has 2 bridgehead atoms. The van der Waals surface area contributed by atoms with Crippen LogP contribution in [0.5, 0.6) is 11.8 Å². The molecule has 1 saturated heterocycles. The number of aryl methyl sites for hydroxylation is 1. The number of ether oxygens (including phenoxy) is 1. The molecule has 188 valence electrons. The second-order valence-corrected chi connectivity index (χ2v) is 9.30. The van der Waals surface area contributed by atoms with Crippen LogP contribution >= 0.6 is 0 Å². The third-order valence-electron chi connectivity index (χ3n) is 6.47. The van der Waals surface area contributed by atoms with Gasteiger partial charge in [-0.25, -0.2) is 9.07 Å². The fourth-order valence-electron chi connectivity index (χ4n) is 4.81. The van der Waals surface area contributed by atoms with E-state index in [9.17, 15) is 17.6 Å². The summed E-state index contributed by atoms with van der Waals surface area (Å²) in [6.07, 6.45) is -2.61. The van der Waals surface area contributed by atoms with Gasteiger partial charge in [0.2, 0.25) is 5.95 Å². The number of aromatic nitrogens is 5. The predicted octanol–water partition coefficient (Wildman–Crippen LogP) is 4.83. The molecule has 13 heteroatoms. The molecule has 35 heavy (non-hydrogen) atoms. The maximum absolute atomic E-state index is 14.3. The summed E-state index contributed by atoms with van der Waals surface area (Å²) in [5.41, 5.74) is -1.01. The Morgan fingerprint density at radius 1 is 1.14 bits per heavy atom. The van der Waals surface area contributed by atoms with Crippen LogP contribution in [-0.4, -0.2) is 44.0 Å². The molecule has 2 aliphatic rings. The third-order valence-corrected chi connectivity index (χ3v) is 6.47. The Hall–Kier alpha value is -3.38. The van der Waals surface area contributed by atoms with Gasteiger partial charge in [-0.3, -0.25) is 0 Å². The molecule has 1 saturated carbocycles. The van der Waals surface area contributed by atoms with Gasteiger partial charge >= 0.3 is 18.2 Å². The van der Waals surface area contributed by atoms with E-state index in [1.807, 2.05) is 13.8 Å². The summed E-state index contributed by atoms with van der Waals surface area (Å²) in [4.78, 5) is 10.8. The van der Waals surface area contributed by atoms with Crippen LogP contribution in [0, 0.1) is 24.6 Å². The molecule has 9 nitrogen and oxygen atoms in total. The predicted molar refractivity (Wildman–Crippen MR) is 117 cm³/mol. The lowest BCUT2D eigenvalue weighted by atomic mass is 9.92. The second kappa shape index (κ2) is 8.68. The smallest absolute Gasteiger partial charge is 0.416 e. The van der Waals surface area contributed by atoms with Gasteiger partial charge in [0.15, 0.2) is 17.4 Å². The molecule has 3 heterocycles. The van der Waals surface area contributed by atoms with Gasteiger partial charge < -0.3 is 19.5 Å². The van der Waals surface area contributed by atoms with Gasteiger partial charge in [-0.1, -0.05) is 5.16 Å². The lowest BCUT2D eigenvalue weighted by molar-refractivity contribution is -0.137. The SMILES string of the molecule is Cc1noc(N2C[C@H]3CC[C@@H](C2)C3Nc2nc(Oc3cc(C(F)(F)F)ccc3F)n(C(C)C)n2)n1. The Morgan fingerprint density at radius 3 is 2.46 bits per heavy atom. The standard InChI is InChI=1S/C22H25F4N7O2/c1-11(2)33-21(34-17-8-15(22(24,25)26)6-7-16(17)23)29-19(30-33)28-18-13-4-5-14(18)10-32(9-13)20-27-12(3)31-35-20/h6-8,11,13-14,18H,4-5,9-10H2,1-3H3,(H,28,30)/t13-,14+,18?. The van der Waals surface area contributed by atoms with Crippen LogP contribution in [0.25, 0.3) is 0 Å². The first-order valence-corrected chi connectivity index (χ1v) is 11.4. The number of nitrogens with one attached hydrogen (secondary N) is 1. The maximum Gasteiger partial charge on any atom is 0.416 e. The zero-order valence-electron chi connectivity index (χ0n) is 19.4. The summed E-state index contributed by atoms with van der Waals surface area (Å²) in [7, 11) is 0. The minimum Gasteiger partial charge on any atom is -0.421 e. The van der Waals surface area contributed by atoms with Crippen LogP contribution < -0.4 is 15.0 Å². The zero-order chi connectivity index (χ0) is 24.9. The molecule has 5 rings (SSSR count). The van der Waals surface area contributed by atoms with Crippen molar-refractivity contribution < 1.29 is 26.8 Å². The van der Waals surface area contributed by atoms with Crippen molar-refractivity contribution in [2.45, 2.75) is 51.9 Å². The normalized spacial score (nSPS) is 22.2. The molecular formula is C22H25F4N7O2. The average Bonchev–Trinajstić information content (AvgIpc) is 3.45. The van der Waals surface area contributed by atoms with Crippen LogP contribution in [0.15, 0.2) is 22.7 Å². The Labute approximate surface area is 198 Å². The number of fused-ring (bicyclic) bond motifs is 2. The number of hydrogen-bond acceptors (Lipinski definition) is 8. The molecule has 3 atom stereocenters. The Kier molecular flexibility index (Phi) is 5.80. The number of piperidine rings is 1. The van der Waals surface area contributed by atoms with E-state index >= 15 is 0 Å². The molecule has 1 aromatic carbocycles. The molecule has 2 aromatic heterocycles. The molecule has 1 N–H and O–H groups in total. The molecule has 1 unspecified atom stereocenters. The van der Waals surface area contributed by atoms with Crippen LogP contribution in [0.3, 0.4) is 0 Å². The summed E-state index contributed by atoms with van der Waals surface area (Å²) < 4.78 is 65.8. The molecule has 1 aliphatic carbocycles. The van der Waals surface area contributed by atoms with Crippen LogP contribution in [0.1, 0.15) is 44.1 Å². The summed E-state index contributed by atoms with van der Waals surface area (Å²) >= 11 is 0. The number of halogens is 4. The number of rotatable bonds is 6. The highest BCUT2D eigenvalue weighted by Gasteiger charge is 2.44. The quantitative estimate of drug-likeness (QED) is 0.486. The number of hydrogen-bond donors (Lipinski definition) is 1. The van der Waals surface area contributed by atoms with Crippen molar-refractivity contribution in [2.24, 2.45) is 11.8 Å². The minimum atomic E-state index is -4.63. The lowest BCUT2D eigenvalue weighted by Crippen LogP contribution is -2.48. The molecule has 3 aromatic rings. The van der Waals surface area contributed by atoms with Gasteiger partial charge in [-0.05, 0) is 63.6 Å². The van der Waals surface area contributed by atoms with E-state index in [4.69, 9.17) is 9.26 Å². The summed E-state index contributed by atoms with van der Waals surface area (Å²) in [6.45, 7) is 6.89. The van der Waals surface area contributed by atoms with Gasteiger partial charge in [-0.15, -0.1) is 5.10 Å². The lowest BCUT2D eigenvalue weighted by Gasteiger charge is -2.37. The van der Waals surface area contributed by atoms with Crippen molar-refractivity contribution in [3.05, 3.63) is 35.4 Å². The van der Waals surface area contributed by atoms with E-state index in [0.29, 0.717) is 24.0 Å². The number of anilines is 2. The van der Waals surface area contributed by atoms with E-state index in [0.717, 1.165) is 32.0 Å². The summed E-state index contributed by atoms with van der Waals surface area (Å²) in [5.74, 6) is -0.0447. The van der Waals surface area contributed by atoms with Crippen molar-refractivity contribution >= 4 is 12.0 Å². The Morgan fingerprint density at radius 2 is 1.86 bits per heavy atom. The molecule has 0 spiro atoms. The van der Waals surface area contributed by atoms with E-state index in [-0.39, 0.29) is 35.9 Å². The third kappa shape index (κ3) is 4.63. The van der Waals surface area contributed by atoms with Crippen molar-refractivity contribution in [1.82, 2.24) is 24.9 Å². The number of nitrogens with zero attached hydrogens (tertiary/aromatic N) is 6. The van der Waals surface area contributed by atoms with Crippen LogP contribution in [0.4, 0.5) is 29.5 Å². The first-order valence-electron chi connectivity index (χ1n) is 11.4. The monoisotopic (exact) mass is 495 g/mol. The Bertz CT molecular complexity index is 1190. The highest BCUT2D eigenvalue weighted by molar-refractivity contribution is 5.37. The molecular weight excluding hydrogens is 470 g/mol. The van der Waals surface area contributed by atoms with E-state index < -0.39 is 23.3 Å². The topological polar surface area (TPSA) is 94.1 Å². The largest absolute Gasteiger partial charge is 0.421 e. The first-order chi connectivity index (χ1) is 16.6. The van der Waals surface area contributed by atoms with Gasteiger partial charge in [0.05, 0.1) is 11.6 Å². The zero-order valence-corrected chi connectivity index (χ0v) is 19.4. The molecule has 2 fully saturated rings. The molecule has 1 aliphatic heterocycles. The van der Waals surface area contributed by atoms with E-state index in [2.05, 4.69) is 30.4 Å². The van der Waals surface area contributed by atoms with Crippen LogP contribution in [0.2, 0.25) is 0 Å². The summed E-state index contributed by atoms with van der Waals surface area (Å²) in [6, 6.07) is 2.31. The van der Waals surface area contributed by atoms with Gasteiger partial charge in [0.1, 0.15) is 0 Å². The van der Waals surface area contributed by atoms with Crippen molar-refractivity contribution in [2.75, 3.05) is 23.3 Å². The number of benzene rings is 1. The van der Waals surface area contributed by atoms with E-state index in [1.165, 1.54) is 4.68 Å². The van der Waals surface area contributed by atoms with Gasteiger partial charge in [-0.2, -0.15) is 23.1 Å². The summed E-state index contributed by atoms with van der Waals surface area (Å²) in [5, 5.41) is 11.7. The first kappa shape index (κ1) is 23.4. The minimum absolute atomic E-state index is 0.0909. The van der Waals surface area contributed by atoms with Crippen molar-refractivity contribution in [3.8, 4) is 11.8 Å². The highest BCUT2D eigenvalue weighted by atomic mass is 19.4. The maximum atomic E-state index is 14.3. The van der Waals surface area contributed by atoms with Crippen molar-refractivity contribution in [1.29, 1.82) is 0 Å². The number of alkyl halides is 3. The molecule has 0 amide bonds. The Balaban J connectivity index is 1.35. The average molecular weight is 495 g/mol. The fourth-order valence-corrected chi connectivity index (χ4v) is 4.81. The van der Waals surface area contributed by atoms with Crippen molar-refractivity contribution in [3.63, 3.8) is 0 Å². The molecule has 0 radical (unpaired) electrons. The van der Waals surface area contributed by atoms with E-state index in [1.54, 1.807) is 6.92 Å². The van der Waals surface area contributed by atoms with Crippen LogP contribution in [-0.2, 0) is 6.18 Å².